The number of ether oxygens (including phenoxy) is 1. The molecule has 1 unspecified atom stereocenters. The van der Waals surface area contributed by atoms with Crippen molar-refractivity contribution in [1.29, 1.82) is 0 Å². The van der Waals surface area contributed by atoms with Gasteiger partial charge in [0.1, 0.15) is 0 Å². The van der Waals surface area contributed by atoms with Gasteiger partial charge in [-0.15, -0.1) is 0 Å². The Hall–Kier alpha value is -0.0400. The van der Waals surface area contributed by atoms with Crippen molar-refractivity contribution in [1.82, 2.24) is 0 Å². The van der Waals surface area contributed by atoms with E-state index in [1.807, 2.05) is 0 Å². The normalized spacial score (nSPS) is 40.5. The van der Waals surface area contributed by atoms with Crippen molar-refractivity contribution in [3.8, 4) is 0 Å². The summed E-state index contributed by atoms with van der Waals surface area (Å²) in [5.74, 6) is 0.993. The maximum Gasteiger partial charge on any atom is 0.0891 e. The molecule has 1 atom stereocenters. The van der Waals surface area contributed by atoms with Gasteiger partial charge in [-0.2, -0.15) is 0 Å². The van der Waals surface area contributed by atoms with Crippen LogP contribution < -0.4 is 0 Å². The van der Waals surface area contributed by atoms with Crippen LogP contribution in [0.15, 0.2) is 0 Å². The first-order chi connectivity index (χ1) is 4.79. The first-order valence-corrected chi connectivity index (χ1v) is 4.42. The third-order valence-corrected chi connectivity index (χ3v) is 2.83. The maximum atomic E-state index is 5.36. The summed E-state index contributed by atoms with van der Waals surface area (Å²) in [6.45, 7) is 3.26. The van der Waals surface area contributed by atoms with Crippen LogP contribution in [0.5, 0.6) is 0 Å². The van der Waals surface area contributed by atoms with Gasteiger partial charge in [0.05, 0.1) is 12.2 Å². The Morgan fingerprint density at radius 2 is 2.00 bits per heavy atom. The largest absolute Gasteiger partial charge is 0.370 e. The van der Waals surface area contributed by atoms with E-state index >= 15 is 0 Å². The molecule has 2 rings (SSSR count). The molecule has 1 nitrogen and oxygen atoms in total. The van der Waals surface area contributed by atoms with E-state index in [-0.39, 0.29) is 0 Å². The number of epoxide rings is 1. The van der Waals surface area contributed by atoms with Crippen LogP contribution in [-0.4, -0.2) is 12.2 Å². The highest BCUT2D eigenvalue weighted by molar-refractivity contribution is 4.90. The third kappa shape index (κ3) is 1.34. The SMILES string of the molecule is CC1(CC2CCCC2)CO1. The molecule has 0 aromatic carbocycles. The molecule has 1 aliphatic carbocycles. The van der Waals surface area contributed by atoms with Crippen LogP contribution >= 0.6 is 0 Å². The molecule has 1 heteroatoms. The van der Waals surface area contributed by atoms with E-state index < -0.39 is 0 Å². The molecule has 2 fully saturated rings. The lowest BCUT2D eigenvalue weighted by Gasteiger charge is -2.10. The van der Waals surface area contributed by atoms with Crippen LogP contribution in [0.4, 0.5) is 0 Å². The second kappa shape index (κ2) is 2.23. The van der Waals surface area contributed by atoms with E-state index in [4.69, 9.17) is 4.74 Å². The zero-order chi connectivity index (χ0) is 7.03. The van der Waals surface area contributed by atoms with Crippen LogP contribution in [0.2, 0.25) is 0 Å². The highest BCUT2D eigenvalue weighted by Gasteiger charge is 2.41. The lowest BCUT2D eigenvalue weighted by molar-refractivity contribution is 0.271. The summed E-state index contributed by atoms with van der Waals surface area (Å²) in [5.41, 5.74) is 0.314. The van der Waals surface area contributed by atoms with Crippen molar-refractivity contribution >= 4 is 0 Å². The Balaban J connectivity index is 1.78. The van der Waals surface area contributed by atoms with Gasteiger partial charge in [-0.25, -0.2) is 0 Å². The second-order valence-corrected chi connectivity index (χ2v) is 4.09. The lowest BCUT2D eigenvalue weighted by atomic mass is 9.95. The van der Waals surface area contributed by atoms with Crippen LogP contribution in [0.25, 0.3) is 0 Å². The molecule has 0 spiro atoms. The fraction of sp³-hybridized carbons (Fsp3) is 1.00. The molecular formula is C9H16O. The standard InChI is InChI=1S/C9H16O/c1-9(7-10-9)6-8-4-2-3-5-8/h8H,2-7H2,1H3. The number of hydrogen-bond acceptors (Lipinski definition) is 1. The monoisotopic (exact) mass is 140 g/mol. The average molecular weight is 140 g/mol. The zero-order valence-electron chi connectivity index (χ0n) is 6.73. The zero-order valence-corrected chi connectivity index (χ0v) is 6.73. The minimum atomic E-state index is 0.314. The van der Waals surface area contributed by atoms with E-state index in [2.05, 4.69) is 6.92 Å². The summed E-state index contributed by atoms with van der Waals surface area (Å²) in [6.07, 6.45) is 7.16. The molecule has 0 bridgehead atoms. The quantitative estimate of drug-likeness (QED) is 0.536. The summed E-state index contributed by atoms with van der Waals surface area (Å²) in [4.78, 5) is 0. The molecule has 58 valence electrons. The topological polar surface area (TPSA) is 12.5 Å². The van der Waals surface area contributed by atoms with Gasteiger partial charge < -0.3 is 4.74 Å². The predicted molar refractivity (Wildman–Crippen MR) is 40.9 cm³/mol. The number of hydrogen-bond donors (Lipinski definition) is 0. The fourth-order valence-electron chi connectivity index (χ4n) is 2.07. The highest BCUT2D eigenvalue weighted by atomic mass is 16.6. The van der Waals surface area contributed by atoms with Crippen LogP contribution in [0.1, 0.15) is 39.0 Å². The average Bonchev–Trinajstić information content (AvgIpc) is 2.47. The Bertz CT molecular complexity index is 121. The molecule has 1 saturated carbocycles. The smallest absolute Gasteiger partial charge is 0.0891 e. The van der Waals surface area contributed by atoms with Gasteiger partial charge >= 0.3 is 0 Å². The summed E-state index contributed by atoms with van der Waals surface area (Å²) in [6, 6.07) is 0. The minimum absolute atomic E-state index is 0.314. The molecule has 0 radical (unpaired) electrons. The van der Waals surface area contributed by atoms with E-state index in [1.54, 1.807) is 0 Å². The van der Waals surface area contributed by atoms with Gasteiger partial charge in [0, 0.05) is 0 Å². The molecule has 1 heterocycles. The summed E-state index contributed by atoms with van der Waals surface area (Å²) in [5, 5.41) is 0. The molecule has 2 aliphatic rings. The molecule has 1 saturated heterocycles. The van der Waals surface area contributed by atoms with Gasteiger partial charge in [-0.3, -0.25) is 0 Å². The van der Waals surface area contributed by atoms with Crippen molar-refractivity contribution in [3.63, 3.8) is 0 Å². The third-order valence-electron chi connectivity index (χ3n) is 2.83. The Labute approximate surface area is 62.8 Å². The van der Waals surface area contributed by atoms with Gasteiger partial charge in [0.2, 0.25) is 0 Å². The number of rotatable bonds is 2. The summed E-state index contributed by atoms with van der Waals surface area (Å²) < 4.78 is 5.36. The van der Waals surface area contributed by atoms with Crippen molar-refractivity contribution in [2.45, 2.75) is 44.6 Å². The van der Waals surface area contributed by atoms with E-state index in [1.165, 1.54) is 32.1 Å². The molecule has 10 heavy (non-hydrogen) atoms. The molecule has 1 aliphatic heterocycles. The van der Waals surface area contributed by atoms with E-state index in [0.717, 1.165) is 12.5 Å². The first kappa shape index (κ1) is 6.66. The van der Waals surface area contributed by atoms with E-state index in [0.29, 0.717) is 5.60 Å². The van der Waals surface area contributed by atoms with Crippen molar-refractivity contribution in [3.05, 3.63) is 0 Å². The van der Waals surface area contributed by atoms with Gasteiger partial charge in [-0.05, 0) is 19.3 Å². The molecular weight excluding hydrogens is 124 g/mol. The molecule has 0 aromatic heterocycles. The fourth-order valence-corrected chi connectivity index (χ4v) is 2.07. The van der Waals surface area contributed by atoms with Gasteiger partial charge in [0.15, 0.2) is 0 Å². The minimum Gasteiger partial charge on any atom is -0.370 e. The molecule has 0 N–H and O–H groups in total. The molecule has 0 amide bonds. The predicted octanol–water partition coefficient (Wildman–Crippen LogP) is 2.36. The first-order valence-electron chi connectivity index (χ1n) is 4.42. The Morgan fingerprint density at radius 1 is 1.40 bits per heavy atom. The van der Waals surface area contributed by atoms with E-state index in [9.17, 15) is 0 Å². The second-order valence-electron chi connectivity index (χ2n) is 4.09. The lowest BCUT2D eigenvalue weighted by Crippen LogP contribution is -2.10. The van der Waals surface area contributed by atoms with Crippen molar-refractivity contribution in [2.75, 3.05) is 6.61 Å². The van der Waals surface area contributed by atoms with Crippen molar-refractivity contribution < 1.29 is 4.74 Å². The Kier molecular flexibility index (Phi) is 1.48. The summed E-state index contributed by atoms with van der Waals surface area (Å²) >= 11 is 0. The summed E-state index contributed by atoms with van der Waals surface area (Å²) in [7, 11) is 0. The van der Waals surface area contributed by atoms with Crippen LogP contribution in [0.3, 0.4) is 0 Å². The van der Waals surface area contributed by atoms with Crippen LogP contribution in [-0.2, 0) is 4.74 Å². The van der Waals surface area contributed by atoms with Crippen LogP contribution in [0, 0.1) is 5.92 Å². The van der Waals surface area contributed by atoms with Gasteiger partial charge in [-0.1, -0.05) is 25.7 Å². The van der Waals surface area contributed by atoms with Crippen molar-refractivity contribution in [2.24, 2.45) is 5.92 Å². The molecule has 0 aromatic rings. The highest BCUT2D eigenvalue weighted by Crippen LogP contribution is 2.39. The van der Waals surface area contributed by atoms with Gasteiger partial charge in [0.25, 0.3) is 0 Å². The Morgan fingerprint density at radius 3 is 2.50 bits per heavy atom. The maximum absolute atomic E-state index is 5.36.